The van der Waals surface area contributed by atoms with Gasteiger partial charge in [-0.05, 0) is 48.5 Å². The van der Waals surface area contributed by atoms with Crippen LogP contribution < -0.4 is 29.6 Å². The van der Waals surface area contributed by atoms with Crippen molar-refractivity contribution in [2.75, 3.05) is 90.5 Å². The molecule has 3 saturated heterocycles. The third-order valence-electron chi connectivity index (χ3n) is 12.1. The van der Waals surface area contributed by atoms with Crippen molar-refractivity contribution in [2.45, 2.75) is 44.8 Å². The van der Waals surface area contributed by atoms with Crippen molar-refractivity contribution in [3.63, 3.8) is 0 Å². The number of ether oxygens (including phenoxy) is 6. The molecule has 0 radical (unpaired) electrons. The number of morpholine rings is 1. The van der Waals surface area contributed by atoms with Gasteiger partial charge in [0.25, 0.3) is 0 Å². The second-order valence-corrected chi connectivity index (χ2v) is 17.1. The average molecular weight is 977 g/mol. The maximum Gasteiger partial charge on any atom is 0.320 e. The molecule has 5 heterocycles. The number of aromatic nitrogens is 4. The summed E-state index contributed by atoms with van der Waals surface area (Å²) in [5.74, 6) is 5.74. The van der Waals surface area contributed by atoms with E-state index in [4.69, 9.17) is 46.4 Å². The molecule has 2 N–H and O–H groups in total. The summed E-state index contributed by atoms with van der Waals surface area (Å²) in [6.07, 6.45) is 11.3. The number of carbonyl (C=O) groups excluding carboxylic acids is 2. The van der Waals surface area contributed by atoms with Crippen molar-refractivity contribution >= 4 is 68.4 Å². The highest BCUT2D eigenvalue weighted by atomic mass is 35.5. The Labute approximate surface area is 410 Å². The highest BCUT2D eigenvalue weighted by Crippen LogP contribution is 2.38. The Bertz CT molecular complexity index is 2830. The predicted octanol–water partition coefficient (Wildman–Crippen LogP) is 8.24. The Balaban J connectivity index is 0.000000193. The number of fused-ring (bicyclic) bond motifs is 2. The zero-order valence-electron chi connectivity index (χ0n) is 39.3. The summed E-state index contributed by atoms with van der Waals surface area (Å²) in [6.45, 7) is 7.35. The van der Waals surface area contributed by atoms with E-state index in [9.17, 15) is 14.0 Å². The first-order valence-electron chi connectivity index (χ1n) is 23.1. The number of anilines is 4. The zero-order chi connectivity index (χ0) is 49.0. The summed E-state index contributed by atoms with van der Waals surface area (Å²) in [5.41, 5.74) is 3.59. The zero-order valence-corrected chi connectivity index (χ0v) is 40.0. The molecule has 2 aromatic heterocycles. The molecule has 3 aliphatic heterocycles. The van der Waals surface area contributed by atoms with Gasteiger partial charge in [0.05, 0.1) is 43.0 Å². The number of hydrogen-bond acceptors (Lipinski definition) is 14. The van der Waals surface area contributed by atoms with Crippen LogP contribution >= 0.6 is 11.6 Å². The Morgan fingerprint density at radius 2 is 1.30 bits per heavy atom. The number of urea groups is 1. The van der Waals surface area contributed by atoms with Gasteiger partial charge in [-0.1, -0.05) is 23.6 Å². The molecule has 9 rings (SSSR count). The van der Waals surface area contributed by atoms with E-state index in [0.29, 0.717) is 130 Å². The smallest absolute Gasteiger partial charge is 0.320 e. The lowest BCUT2D eigenvalue weighted by Crippen LogP contribution is -2.51. The Hall–Kier alpha value is -7.20. The van der Waals surface area contributed by atoms with Crippen molar-refractivity contribution in [1.82, 2.24) is 34.6 Å². The van der Waals surface area contributed by atoms with Crippen LogP contribution in [0.2, 0.25) is 5.02 Å². The number of nitrogens with one attached hydrogen (secondary N) is 2. The minimum absolute atomic E-state index is 0.00894. The summed E-state index contributed by atoms with van der Waals surface area (Å²) < 4.78 is 48.4. The number of terminal acetylenes is 1. The number of benzene rings is 4. The molecular formula is C51H55ClFN9O8. The molecule has 4 aromatic carbocycles. The van der Waals surface area contributed by atoms with Crippen LogP contribution in [0.3, 0.4) is 0 Å². The monoisotopic (exact) mass is 975 g/mol. The molecular weight excluding hydrogens is 921 g/mol. The highest BCUT2D eigenvalue weighted by Gasteiger charge is 2.29. The number of halogens is 2. The molecule has 0 bridgehead atoms. The lowest BCUT2D eigenvalue weighted by atomic mass is 10.1. The summed E-state index contributed by atoms with van der Waals surface area (Å²) in [4.78, 5) is 47.6. The lowest BCUT2D eigenvalue weighted by molar-refractivity contribution is -0.130. The molecule has 366 valence electrons. The molecule has 0 atom stereocenters. The topological polar surface area (TPSA) is 175 Å². The molecule has 3 fully saturated rings. The van der Waals surface area contributed by atoms with E-state index in [1.165, 1.54) is 24.8 Å². The maximum absolute atomic E-state index is 13.6. The van der Waals surface area contributed by atoms with Gasteiger partial charge < -0.3 is 53.8 Å². The number of likely N-dealkylation sites (tertiary alicyclic amines) is 2. The fourth-order valence-corrected chi connectivity index (χ4v) is 8.50. The van der Waals surface area contributed by atoms with Gasteiger partial charge in [0.1, 0.15) is 48.9 Å². The van der Waals surface area contributed by atoms with Crippen molar-refractivity contribution in [3.8, 4) is 35.3 Å². The molecule has 0 unspecified atom stereocenters. The highest BCUT2D eigenvalue weighted by molar-refractivity contribution is 6.31. The van der Waals surface area contributed by atoms with Gasteiger partial charge in [0.2, 0.25) is 5.91 Å². The molecule has 6 aromatic rings. The maximum atomic E-state index is 13.6. The Kier molecular flexibility index (Phi) is 16.5. The summed E-state index contributed by atoms with van der Waals surface area (Å²) >= 11 is 5.96. The third kappa shape index (κ3) is 12.3. The number of nitrogens with zero attached hydrogens (tertiary/aromatic N) is 7. The van der Waals surface area contributed by atoms with Gasteiger partial charge in [0.15, 0.2) is 23.0 Å². The molecule has 0 aliphatic carbocycles. The van der Waals surface area contributed by atoms with E-state index in [2.05, 4.69) is 36.5 Å². The van der Waals surface area contributed by atoms with E-state index in [1.54, 1.807) is 27.2 Å². The van der Waals surface area contributed by atoms with Gasteiger partial charge in [-0.2, -0.15) is 0 Å². The molecule has 0 saturated carbocycles. The van der Waals surface area contributed by atoms with Crippen LogP contribution in [0.25, 0.3) is 21.8 Å². The van der Waals surface area contributed by atoms with E-state index in [-0.39, 0.29) is 29.2 Å². The van der Waals surface area contributed by atoms with Crippen LogP contribution in [0.5, 0.6) is 23.0 Å². The van der Waals surface area contributed by atoms with Crippen LogP contribution in [0.1, 0.15) is 38.2 Å². The summed E-state index contributed by atoms with van der Waals surface area (Å²) in [6, 6.07) is 19.4. The fraction of sp³-hybridized carbons (Fsp3) is 0.373. The molecule has 3 amide bonds. The van der Waals surface area contributed by atoms with Crippen LogP contribution in [-0.2, 0) is 14.3 Å². The van der Waals surface area contributed by atoms with Gasteiger partial charge >= 0.3 is 6.03 Å². The molecule has 17 nitrogen and oxygen atoms in total. The molecule has 3 aliphatic rings. The van der Waals surface area contributed by atoms with Crippen molar-refractivity contribution < 1.29 is 42.4 Å². The van der Waals surface area contributed by atoms with Gasteiger partial charge in [-0.25, -0.2) is 29.1 Å². The fourth-order valence-electron chi connectivity index (χ4n) is 8.32. The van der Waals surface area contributed by atoms with Crippen molar-refractivity contribution in [1.29, 1.82) is 0 Å². The van der Waals surface area contributed by atoms with Crippen molar-refractivity contribution in [2.24, 2.45) is 0 Å². The van der Waals surface area contributed by atoms with Gasteiger partial charge in [-0.3, -0.25) is 4.79 Å². The quantitative estimate of drug-likeness (QED) is 0.0836. The largest absolute Gasteiger partial charge is 0.493 e. The number of methoxy groups -OCH3 is 2. The SMILES string of the molecule is C#Cc1cccc(Nc2ncnc3cc(OC)c(OC4CCN(C(C)=O)CC4)cc23)c1.COCCOc1cc2ncnc(Nc3ccc(F)c(Cl)c3)c2cc1OC1CCN(C(=O)N2CCOCC2)CC1. The predicted molar refractivity (Wildman–Crippen MR) is 264 cm³/mol. The van der Waals surface area contributed by atoms with Crippen LogP contribution in [-0.4, -0.2) is 139 Å². The number of piperidine rings is 2. The number of rotatable bonds is 13. The molecule has 19 heteroatoms. The Morgan fingerprint density at radius 3 is 1.87 bits per heavy atom. The summed E-state index contributed by atoms with van der Waals surface area (Å²) in [5, 5.41) is 8.03. The average Bonchev–Trinajstić information content (AvgIpc) is 3.38. The third-order valence-corrected chi connectivity index (χ3v) is 12.4. The second kappa shape index (κ2) is 23.4. The number of carbonyl (C=O) groups is 2. The van der Waals surface area contributed by atoms with Gasteiger partial charge in [0, 0.05) is 119 Å². The number of hydrogen-bond donors (Lipinski definition) is 2. The first-order valence-corrected chi connectivity index (χ1v) is 23.5. The van der Waals surface area contributed by atoms with Crippen LogP contribution in [0.15, 0.2) is 79.4 Å². The van der Waals surface area contributed by atoms with Crippen LogP contribution in [0.4, 0.5) is 32.2 Å². The normalized spacial score (nSPS) is 15.4. The molecule has 0 spiro atoms. The van der Waals surface area contributed by atoms with E-state index in [1.807, 2.05) is 63.2 Å². The summed E-state index contributed by atoms with van der Waals surface area (Å²) in [7, 11) is 3.22. The van der Waals surface area contributed by atoms with E-state index >= 15 is 0 Å². The van der Waals surface area contributed by atoms with Crippen molar-refractivity contribution in [3.05, 3.63) is 95.8 Å². The van der Waals surface area contributed by atoms with E-state index < -0.39 is 5.82 Å². The first kappa shape index (κ1) is 49.2. The second-order valence-electron chi connectivity index (χ2n) is 16.7. The minimum atomic E-state index is -0.499. The van der Waals surface area contributed by atoms with E-state index in [0.717, 1.165) is 35.0 Å². The number of amides is 3. The first-order chi connectivity index (χ1) is 34.1. The standard InChI is InChI=1S/C27H31ClFN5O5.C24H24N4O3/c1-36-12-13-38-24-16-23-20(26(31-17-30-23)32-18-2-3-22(29)21(28)14-18)15-25(24)39-19-4-6-33(7-5-19)27(35)34-8-10-37-11-9-34;1-4-17-6-5-7-18(12-17)27-24-20-13-23(22(30-3)14-21(20)25-15-26-24)31-19-8-10-28(11-9-19)16(2)29/h2-3,14-17,19H,4-13H2,1H3,(H,30,31,32);1,5-7,12-15,19H,8-11H2,2-3H3,(H,25,26,27). The van der Waals surface area contributed by atoms with Gasteiger partial charge in [-0.15, -0.1) is 6.42 Å². The Morgan fingerprint density at radius 1 is 0.729 bits per heavy atom. The minimum Gasteiger partial charge on any atom is -0.493 e. The van der Waals surface area contributed by atoms with Crippen LogP contribution in [0, 0.1) is 18.2 Å². The molecule has 70 heavy (non-hydrogen) atoms. The lowest BCUT2D eigenvalue weighted by Gasteiger charge is -2.37.